The molecule has 0 radical (unpaired) electrons. The van der Waals surface area contributed by atoms with E-state index in [4.69, 9.17) is 4.98 Å². The van der Waals surface area contributed by atoms with E-state index in [0.29, 0.717) is 12.0 Å². The van der Waals surface area contributed by atoms with E-state index in [2.05, 4.69) is 36.0 Å². The summed E-state index contributed by atoms with van der Waals surface area (Å²) in [6.07, 6.45) is 11.7. The minimum atomic E-state index is 0.0782. The van der Waals surface area contributed by atoms with Crippen LogP contribution in [-0.2, 0) is 6.54 Å². The van der Waals surface area contributed by atoms with Crippen LogP contribution in [0.2, 0.25) is 0 Å². The Balaban J connectivity index is 1.33. The predicted molar refractivity (Wildman–Crippen MR) is 117 cm³/mol. The third kappa shape index (κ3) is 4.08. The molecule has 0 bridgehead atoms. The van der Waals surface area contributed by atoms with Crippen molar-refractivity contribution in [2.45, 2.75) is 58.0 Å². The van der Waals surface area contributed by atoms with Crippen LogP contribution in [0, 0.1) is 12.8 Å². The van der Waals surface area contributed by atoms with Crippen molar-refractivity contribution in [1.82, 2.24) is 15.0 Å². The molecule has 6 heteroatoms. The van der Waals surface area contributed by atoms with Crippen LogP contribution >= 0.6 is 0 Å². The van der Waals surface area contributed by atoms with Crippen molar-refractivity contribution in [3.63, 3.8) is 0 Å². The second-order valence-electron chi connectivity index (χ2n) is 8.64. The molecule has 2 saturated carbocycles. The van der Waals surface area contributed by atoms with E-state index < -0.39 is 0 Å². The van der Waals surface area contributed by atoms with Gasteiger partial charge in [-0.15, -0.1) is 0 Å². The first-order chi connectivity index (χ1) is 14.2. The van der Waals surface area contributed by atoms with E-state index >= 15 is 0 Å². The third-order valence-electron chi connectivity index (χ3n) is 6.26. The van der Waals surface area contributed by atoms with E-state index in [1.54, 1.807) is 6.07 Å². The first-order valence-corrected chi connectivity index (χ1v) is 10.8. The van der Waals surface area contributed by atoms with Gasteiger partial charge in [0, 0.05) is 48.9 Å². The van der Waals surface area contributed by atoms with Crippen LogP contribution in [0.15, 0.2) is 41.5 Å². The Bertz CT molecular complexity index is 985. The maximum absolute atomic E-state index is 12.1. The smallest absolute Gasteiger partial charge is 0.250 e. The van der Waals surface area contributed by atoms with Crippen LogP contribution in [0.1, 0.15) is 49.8 Å². The number of hydrazine groups is 1. The summed E-state index contributed by atoms with van der Waals surface area (Å²) in [5.41, 5.74) is 7.91. The van der Waals surface area contributed by atoms with Crippen molar-refractivity contribution in [3.8, 4) is 0 Å². The number of aryl methyl sites for hydroxylation is 1. The molecule has 2 N–H and O–H groups in total. The summed E-state index contributed by atoms with van der Waals surface area (Å²) >= 11 is 0. The van der Waals surface area contributed by atoms with Crippen LogP contribution in [0.25, 0.3) is 5.57 Å². The first-order valence-electron chi connectivity index (χ1n) is 10.8. The van der Waals surface area contributed by atoms with Crippen molar-refractivity contribution in [1.29, 1.82) is 0 Å². The van der Waals surface area contributed by atoms with Crippen LogP contribution < -0.4 is 21.3 Å². The molecule has 3 aliphatic rings. The molecular weight excluding hydrogens is 362 g/mol. The van der Waals surface area contributed by atoms with E-state index in [1.807, 2.05) is 21.8 Å². The number of anilines is 2. The molecule has 0 unspecified atom stereocenters. The lowest BCUT2D eigenvalue weighted by molar-refractivity contribution is 0.605. The fourth-order valence-electron chi connectivity index (χ4n) is 4.39. The molecule has 2 aromatic rings. The quantitative estimate of drug-likeness (QED) is 0.787. The summed E-state index contributed by atoms with van der Waals surface area (Å²) in [6.45, 7) is 3.66. The van der Waals surface area contributed by atoms with Crippen molar-refractivity contribution in [2.75, 3.05) is 16.9 Å². The van der Waals surface area contributed by atoms with Gasteiger partial charge in [0.2, 0.25) is 0 Å². The Hall–Kier alpha value is -2.60. The standard InChI is InChI=1S/C23H29N5O/c1-16-21(9-10-22(25-16)26-19-4-2-3-5-19)18-12-24-28(14-18)20-8-11-23(29)27(15-20)13-17-6-7-17/h8-11,14-15,17,19,24H,2-7,12-13H2,1H3,(H,25,26). The minimum Gasteiger partial charge on any atom is -0.367 e. The summed E-state index contributed by atoms with van der Waals surface area (Å²) in [5.74, 6) is 1.65. The topological polar surface area (TPSA) is 62.2 Å². The Morgan fingerprint density at radius 1 is 1.14 bits per heavy atom. The van der Waals surface area contributed by atoms with Crippen molar-refractivity contribution in [2.24, 2.45) is 5.92 Å². The van der Waals surface area contributed by atoms with Crippen molar-refractivity contribution >= 4 is 17.1 Å². The lowest BCUT2D eigenvalue weighted by Gasteiger charge is -2.17. The van der Waals surface area contributed by atoms with Crippen molar-refractivity contribution in [3.05, 3.63) is 58.3 Å². The molecule has 1 aliphatic heterocycles. The maximum atomic E-state index is 12.1. The van der Waals surface area contributed by atoms with Crippen molar-refractivity contribution < 1.29 is 0 Å². The average molecular weight is 392 g/mol. The Labute approximate surface area is 171 Å². The Morgan fingerprint density at radius 3 is 2.72 bits per heavy atom. The molecule has 0 aromatic carbocycles. The fraction of sp³-hybridized carbons (Fsp3) is 0.478. The molecule has 6 nitrogen and oxygen atoms in total. The average Bonchev–Trinajstić information content (AvgIpc) is 3.16. The molecular formula is C23H29N5O. The first kappa shape index (κ1) is 18.4. The van der Waals surface area contributed by atoms with Gasteiger partial charge in [0.25, 0.3) is 5.56 Å². The molecule has 2 aromatic heterocycles. The second kappa shape index (κ2) is 7.67. The summed E-state index contributed by atoms with van der Waals surface area (Å²) in [6, 6.07) is 8.39. The lowest BCUT2D eigenvalue weighted by Crippen LogP contribution is -2.30. The van der Waals surface area contributed by atoms with Gasteiger partial charge in [-0.1, -0.05) is 12.8 Å². The van der Waals surface area contributed by atoms with Gasteiger partial charge in [-0.25, -0.2) is 10.4 Å². The summed E-state index contributed by atoms with van der Waals surface area (Å²) in [4.78, 5) is 16.9. The molecule has 5 rings (SSSR count). The van der Waals surface area contributed by atoms with Gasteiger partial charge < -0.3 is 9.88 Å². The van der Waals surface area contributed by atoms with Crippen LogP contribution in [0.5, 0.6) is 0 Å². The molecule has 152 valence electrons. The molecule has 0 saturated heterocycles. The molecule has 0 spiro atoms. The summed E-state index contributed by atoms with van der Waals surface area (Å²) in [7, 11) is 0. The number of nitrogens with one attached hydrogen (secondary N) is 2. The highest BCUT2D eigenvalue weighted by Gasteiger charge is 2.23. The minimum absolute atomic E-state index is 0.0782. The molecule has 2 fully saturated rings. The zero-order valence-corrected chi connectivity index (χ0v) is 17.0. The second-order valence-corrected chi connectivity index (χ2v) is 8.64. The fourth-order valence-corrected chi connectivity index (χ4v) is 4.39. The van der Waals surface area contributed by atoms with E-state index in [-0.39, 0.29) is 5.56 Å². The molecule has 2 aliphatic carbocycles. The van der Waals surface area contributed by atoms with Gasteiger partial charge in [0.15, 0.2) is 0 Å². The van der Waals surface area contributed by atoms with Gasteiger partial charge in [-0.05, 0) is 62.3 Å². The highest BCUT2D eigenvalue weighted by Crippen LogP contribution is 2.31. The highest BCUT2D eigenvalue weighted by atomic mass is 16.1. The van der Waals surface area contributed by atoms with Gasteiger partial charge >= 0.3 is 0 Å². The van der Waals surface area contributed by atoms with Gasteiger partial charge in [0.05, 0.1) is 5.69 Å². The number of nitrogens with zero attached hydrogens (tertiary/aromatic N) is 3. The number of pyridine rings is 2. The summed E-state index contributed by atoms with van der Waals surface area (Å²) < 4.78 is 1.84. The van der Waals surface area contributed by atoms with Gasteiger partial charge in [-0.3, -0.25) is 9.80 Å². The zero-order valence-electron chi connectivity index (χ0n) is 17.0. The third-order valence-corrected chi connectivity index (χ3v) is 6.26. The number of rotatable bonds is 6. The van der Waals surface area contributed by atoms with Gasteiger partial charge in [0.1, 0.15) is 5.82 Å². The predicted octanol–water partition coefficient (Wildman–Crippen LogP) is 3.68. The number of hydrogen-bond donors (Lipinski definition) is 2. The van der Waals surface area contributed by atoms with Gasteiger partial charge in [-0.2, -0.15) is 0 Å². The van der Waals surface area contributed by atoms with E-state index in [0.717, 1.165) is 30.3 Å². The van der Waals surface area contributed by atoms with E-state index in [1.165, 1.54) is 49.7 Å². The normalized spacial score (nSPS) is 19.6. The monoisotopic (exact) mass is 391 g/mol. The zero-order chi connectivity index (χ0) is 19.8. The Morgan fingerprint density at radius 2 is 1.97 bits per heavy atom. The van der Waals surface area contributed by atoms with E-state index in [9.17, 15) is 4.79 Å². The van der Waals surface area contributed by atoms with Crippen LogP contribution in [0.3, 0.4) is 0 Å². The molecule has 29 heavy (non-hydrogen) atoms. The summed E-state index contributed by atoms with van der Waals surface area (Å²) in [5, 5.41) is 5.59. The number of aromatic nitrogens is 2. The molecule has 0 amide bonds. The van der Waals surface area contributed by atoms with Crippen LogP contribution in [0.4, 0.5) is 11.5 Å². The number of hydrogen-bond acceptors (Lipinski definition) is 5. The molecule has 0 atom stereocenters. The largest absolute Gasteiger partial charge is 0.367 e. The Kier molecular flexibility index (Phi) is 4.87. The highest BCUT2D eigenvalue weighted by molar-refractivity contribution is 5.74. The lowest BCUT2D eigenvalue weighted by atomic mass is 10.1. The maximum Gasteiger partial charge on any atom is 0.250 e. The SMILES string of the molecule is Cc1nc(NC2CCCC2)ccc1C1=CN(c2ccc(=O)n(CC3CC3)c2)NC1. The molecule has 3 heterocycles. The van der Waals surface area contributed by atoms with Crippen LogP contribution in [-0.4, -0.2) is 22.1 Å².